The zero-order valence-corrected chi connectivity index (χ0v) is 4.49. The molecule has 0 aliphatic carbocycles. The van der Waals surface area contributed by atoms with Crippen LogP contribution in [0.2, 0.25) is 0 Å². The molecule has 1 aliphatic rings. The predicted molar refractivity (Wildman–Crippen MR) is 31.3 cm³/mol. The number of rotatable bonds is 0. The van der Waals surface area contributed by atoms with Crippen LogP contribution >= 0.6 is 0 Å². The van der Waals surface area contributed by atoms with E-state index in [1.54, 1.807) is 0 Å². The zero-order valence-electron chi connectivity index (χ0n) is 8.49. The van der Waals surface area contributed by atoms with E-state index in [2.05, 4.69) is 5.32 Å². The molecule has 0 spiro atoms. The number of hydrogen-bond donors (Lipinski definition) is 1. The summed E-state index contributed by atoms with van der Waals surface area (Å²) >= 11 is 0. The molecule has 7 heavy (non-hydrogen) atoms. The first kappa shape index (κ1) is 2.06. The summed E-state index contributed by atoms with van der Waals surface area (Å²) in [5, 5.41) is 2.33. The van der Waals surface area contributed by atoms with Crippen molar-refractivity contribution in [3.05, 3.63) is 0 Å². The molecular weight excluding hydrogens is 86.1 g/mol. The Kier molecular flexibility index (Phi) is 0.680. The summed E-state index contributed by atoms with van der Waals surface area (Å²) in [5.41, 5.74) is 0. The topological polar surface area (TPSA) is 12.0 Å². The van der Waals surface area contributed by atoms with Gasteiger partial charge in [0.1, 0.15) is 0 Å². The lowest BCUT2D eigenvalue weighted by Gasteiger charge is -2.17. The summed E-state index contributed by atoms with van der Waals surface area (Å²) in [6, 6.07) is 0. The maximum absolute atomic E-state index is 7.33. The summed E-state index contributed by atoms with van der Waals surface area (Å²) in [6.07, 6.45) is 0.791. The monoisotopic (exact) mass is 103 g/mol. The van der Waals surface area contributed by atoms with E-state index in [0.717, 1.165) is 0 Å². The maximum Gasteiger partial charge on any atom is 0.0428 e. The lowest BCUT2D eigenvalue weighted by molar-refractivity contribution is 0.402. The molecule has 0 bridgehead atoms. The summed E-state index contributed by atoms with van der Waals surface area (Å²) in [5.74, 6) is 0.112. The minimum Gasteiger partial charge on any atom is -0.317 e. The van der Waals surface area contributed by atoms with Crippen molar-refractivity contribution in [2.75, 3.05) is 13.0 Å². The average Bonchev–Trinajstić information content (AvgIpc) is 1.49. The highest BCUT2D eigenvalue weighted by Crippen LogP contribution is 2.08. The Balaban J connectivity index is 2.66. The maximum atomic E-state index is 7.33. The highest BCUT2D eigenvalue weighted by atomic mass is 14.9. The Hall–Kier alpha value is -0.0400. The molecule has 0 saturated carbocycles. The molecule has 1 rings (SSSR count). The summed E-state index contributed by atoms with van der Waals surface area (Å²) in [6.45, 7) is -1.21. The van der Waals surface area contributed by atoms with Crippen molar-refractivity contribution < 1.29 is 5.48 Å². The molecule has 1 heteroatoms. The van der Waals surface area contributed by atoms with E-state index in [-0.39, 0.29) is 5.92 Å². The van der Waals surface area contributed by atoms with Gasteiger partial charge in [0.05, 0.1) is 0 Å². The van der Waals surface area contributed by atoms with Gasteiger partial charge in [-0.05, 0) is 31.8 Å². The van der Waals surface area contributed by atoms with Crippen molar-refractivity contribution >= 4 is 0 Å². The molecule has 0 aromatic carbocycles. The second-order valence-corrected chi connectivity index (χ2v) is 1.99. The minimum atomic E-state index is -1.54. The van der Waals surface area contributed by atoms with Crippen LogP contribution in [0.5, 0.6) is 0 Å². The van der Waals surface area contributed by atoms with Gasteiger partial charge in [-0.2, -0.15) is 0 Å². The van der Waals surface area contributed by atoms with E-state index in [4.69, 9.17) is 5.48 Å². The second-order valence-electron chi connectivity index (χ2n) is 1.99. The van der Waals surface area contributed by atoms with Gasteiger partial charge >= 0.3 is 0 Å². The molecular formula is C6H13N. The van der Waals surface area contributed by atoms with E-state index in [1.165, 1.54) is 0 Å². The smallest absolute Gasteiger partial charge is 0.0428 e. The third kappa shape index (κ3) is 1.48. The van der Waals surface area contributed by atoms with Gasteiger partial charge < -0.3 is 5.32 Å². The molecule has 0 atom stereocenters. The minimum absolute atomic E-state index is 0.112. The molecule has 0 radical (unpaired) electrons. The van der Waals surface area contributed by atoms with Gasteiger partial charge in [0.25, 0.3) is 0 Å². The Morgan fingerprint density at radius 2 is 2.14 bits per heavy atom. The largest absolute Gasteiger partial charge is 0.317 e. The SMILES string of the molecule is [2H]C1([2H])CC(C)CC([2H])([2H])N1. The van der Waals surface area contributed by atoms with Gasteiger partial charge in [-0.15, -0.1) is 0 Å². The van der Waals surface area contributed by atoms with E-state index in [1.807, 2.05) is 6.92 Å². The van der Waals surface area contributed by atoms with E-state index < -0.39 is 13.0 Å². The van der Waals surface area contributed by atoms with Crippen molar-refractivity contribution in [2.45, 2.75) is 19.8 Å². The first-order valence-electron chi connectivity index (χ1n) is 4.60. The van der Waals surface area contributed by atoms with Crippen LogP contribution in [0.25, 0.3) is 0 Å². The molecule has 0 aromatic heterocycles. The first-order chi connectivity index (χ1) is 4.81. The first-order valence-corrected chi connectivity index (χ1v) is 2.60. The van der Waals surface area contributed by atoms with Crippen LogP contribution in [0.4, 0.5) is 0 Å². The van der Waals surface area contributed by atoms with Gasteiger partial charge in [0, 0.05) is 5.48 Å². The fourth-order valence-corrected chi connectivity index (χ4v) is 0.585. The molecule has 1 fully saturated rings. The summed E-state index contributed by atoms with van der Waals surface area (Å²) < 4.78 is 29.3. The van der Waals surface area contributed by atoms with E-state index >= 15 is 0 Å². The third-order valence-corrected chi connectivity index (χ3v) is 1.08. The molecule has 0 unspecified atom stereocenters. The fourth-order valence-electron chi connectivity index (χ4n) is 0.585. The lowest BCUT2D eigenvalue weighted by Crippen LogP contribution is -2.26. The highest BCUT2D eigenvalue weighted by molar-refractivity contribution is 4.62. The van der Waals surface area contributed by atoms with Crippen LogP contribution in [0.15, 0.2) is 0 Å². The summed E-state index contributed by atoms with van der Waals surface area (Å²) in [7, 11) is 0. The molecule has 1 saturated heterocycles. The second kappa shape index (κ2) is 2.31. The lowest BCUT2D eigenvalue weighted by atomic mass is 10.0. The molecule has 42 valence electrons. The van der Waals surface area contributed by atoms with E-state index in [0.29, 0.717) is 12.8 Å². The standard InChI is InChI=1S/C6H13N/c1-6-2-4-7-5-3-6/h6-7H,2-5H2,1H3/i4D2,5D2. The quantitative estimate of drug-likeness (QED) is 0.482. The van der Waals surface area contributed by atoms with Crippen LogP contribution in [-0.2, 0) is 0 Å². The van der Waals surface area contributed by atoms with Crippen LogP contribution in [0.3, 0.4) is 0 Å². The van der Waals surface area contributed by atoms with Gasteiger partial charge in [-0.3, -0.25) is 0 Å². The molecule has 1 nitrogen and oxygen atoms in total. The van der Waals surface area contributed by atoms with Crippen LogP contribution < -0.4 is 5.32 Å². The molecule has 1 N–H and O–H groups in total. The number of nitrogens with one attached hydrogen (secondary N) is 1. The average molecular weight is 103 g/mol. The van der Waals surface area contributed by atoms with Crippen molar-refractivity contribution in [1.82, 2.24) is 5.32 Å². The number of piperidine rings is 1. The van der Waals surface area contributed by atoms with Crippen molar-refractivity contribution in [3.8, 4) is 0 Å². The fraction of sp³-hybridized carbons (Fsp3) is 1.00. The van der Waals surface area contributed by atoms with Crippen molar-refractivity contribution in [3.63, 3.8) is 0 Å². The van der Waals surface area contributed by atoms with Crippen LogP contribution in [0.1, 0.15) is 25.2 Å². The Morgan fingerprint density at radius 1 is 1.57 bits per heavy atom. The van der Waals surface area contributed by atoms with Gasteiger partial charge in [-0.25, -0.2) is 0 Å². The number of hydrogen-bond acceptors (Lipinski definition) is 1. The van der Waals surface area contributed by atoms with E-state index in [9.17, 15) is 0 Å². The van der Waals surface area contributed by atoms with Gasteiger partial charge in [0.2, 0.25) is 0 Å². The molecule has 1 heterocycles. The normalized spacial score (nSPS) is 48.1. The van der Waals surface area contributed by atoms with Gasteiger partial charge in [-0.1, -0.05) is 6.92 Å². The highest BCUT2D eigenvalue weighted by Gasteiger charge is 2.04. The van der Waals surface area contributed by atoms with Gasteiger partial charge in [0.15, 0.2) is 0 Å². The Labute approximate surface area is 50.7 Å². The Bertz CT molecular complexity index is 141. The Morgan fingerprint density at radius 3 is 2.57 bits per heavy atom. The molecule has 0 aromatic rings. The third-order valence-electron chi connectivity index (χ3n) is 1.08. The summed E-state index contributed by atoms with van der Waals surface area (Å²) in [4.78, 5) is 0. The zero-order chi connectivity index (χ0) is 8.70. The van der Waals surface area contributed by atoms with Crippen molar-refractivity contribution in [2.24, 2.45) is 5.92 Å². The van der Waals surface area contributed by atoms with Crippen LogP contribution in [-0.4, -0.2) is 13.0 Å². The van der Waals surface area contributed by atoms with Crippen molar-refractivity contribution in [1.29, 1.82) is 0 Å². The predicted octanol–water partition coefficient (Wildman–Crippen LogP) is 1.01. The molecule has 1 aliphatic heterocycles. The van der Waals surface area contributed by atoms with Crippen LogP contribution in [0, 0.1) is 5.92 Å². The molecule has 0 amide bonds.